The number of carbonyl (C=O) groups is 3. The fraction of sp³-hybridized carbons (Fsp3) is 0.318. The lowest BCUT2D eigenvalue weighted by atomic mass is 9.73. The van der Waals surface area contributed by atoms with Crippen molar-refractivity contribution in [2.75, 3.05) is 25.5 Å². The molecule has 3 rings (SSSR count). The molecule has 0 unspecified atom stereocenters. The molecule has 0 fully saturated rings. The van der Waals surface area contributed by atoms with Crippen LogP contribution < -0.4 is 10.6 Å². The topological polar surface area (TPSA) is 83.7 Å². The summed E-state index contributed by atoms with van der Waals surface area (Å²) in [6, 6.07) is 17.6. The van der Waals surface area contributed by atoms with E-state index in [1.807, 2.05) is 54.6 Å². The molecule has 6 nitrogen and oxygen atoms in total. The first-order valence-corrected chi connectivity index (χ1v) is 9.29. The molecule has 2 N–H and O–H groups in total. The number of para-hydroxylation sites is 1. The number of hydrogen-bond donors (Lipinski definition) is 1. The van der Waals surface area contributed by atoms with Gasteiger partial charge in [0.05, 0.1) is 12.0 Å². The second-order valence-electron chi connectivity index (χ2n) is 7.34. The molecule has 6 heteroatoms. The Morgan fingerprint density at radius 1 is 1.07 bits per heavy atom. The van der Waals surface area contributed by atoms with Gasteiger partial charge < -0.3 is 15.5 Å². The van der Waals surface area contributed by atoms with Gasteiger partial charge in [-0.1, -0.05) is 48.5 Å². The van der Waals surface area contributed by atoms with Gasteiger partial charge in [0, 0.05) is 26.2 Å². The predicted molar refractivity (Wildman–Crippen MR) is 108 cm³/mol. The molecule has 28 heavy (non-hydrogen) atoms. The lowest BCUT2D eigenvalue weighted by Gasteiger charge is -2.29. The molecule has 1 heterocycles. The zero-order valence-corrected chi connectivity index (χ0v) is 16.2. The number of rotatable bonds is 7. The third kappa shape index (κ3) is 3.63. The number of hydrogen-bond acceptors (Lipinski definition) is 3. The van der Waals surface area contributed by atoms with Gasteiger partial charge in [0.15, 0.2) is 0 Å². The minimum absolute atomic E-state index is 0.0112. The number of carbonyl (C=O) groups excluding carboxylic acids is 3. The highest BCUT2D eigenvalue weighted by Gasteiger charge is 2.49. The van der Waals surface area contributed by atoms with Crippen LogP contribution in [0.4, 0.5) is 5.69 Å². The average molecular weight is 379 g/mol. The largest absolute Gasteiger partial charge is 0.368 e. The van der Waals surface area contributed by atoms with Crippen molar-refractivity contribution in [3.63, 3.8) is 0 Å². The number of likely N-dealkylation sites (N-methyl/N-ethyl adjacent to an activating group) is 2. The van der Waals surface area contributed by atoms with Gasteiger partial charge in [-0.3, -0.25) is 14.4 Å². The molecule has 0 aliphatic carbocycles. The molecule has 2 aromatic carbocycles. The third-order valence-electron chi connectivity index (χ3n) is 5.43. The standard InChI is InChI=1S/C22H25N3O3/c1-24(15-19(23)26)20(27)12-13-22(14-16-8-4-3-5-9-16)17-10-6-7-11-18(17)25(2)21(22)28/h3-11H,12-15H2,1-2H3,(H2,23,26)/t22-/m0/s1. The Morgan fingerprint density at radius 3 is 2.39 bits per heavy atom. The Hall–Kier alpha value is -3.15. The van der Waals surface area contributed by atoms with Crippen molar-refractivity contribution in [3.8, 4) is 0 Å². The maximum absolute atomic E-state index is 13.4. The summed E-state index contributed by atoms with van der Waals surface area (Å²) in [7, 11) is 3.32. The highest BCUT2D eigenvalue weighted by molar-refractivity contribution is 6.08. The second-order valence-corrected chi connectivity index (χ2v) is 7.34. The summed E-state index contributed by atoms with van der Waals surface area (Å²) >= 11 is 0. The van der Waals surface area contributed by atoms with E-state index in [9.17, 15) is 14.4 Å². The summed E-state index contributed by atoms with van der Waals surface area (Å²) in [5, 5.41) is 0. The van der Waals surface area contributed by atoms with Crippen molar-refractivity contribution in [1.29, 1.82) is 0 Å². The van der Waals surface area contributed by atoms with Gasteiger partial charge in [0.25, 0.3) is 0 Å². The van der Waals surface area contributed by atoms with Crippen molar-refractivity contribution in [2.45, 2.75) is 24.7 Å². The minimum Gasteiger partial charge on any atom is -0.368 e. The van der Waals surface area contributed by atoms with E-state index >= 15 is 0 Å². The molecule has 0 saturated heterocycles. The van der Waals surface area contributed by atoms with Crippen LogP contribution in [0.2, 0.25) is 0 Å². The molecule has 2 aromatic rings. The van der Waals surface area contributed by atoms with Crippen molar-refractivity contribution >= 4 is 23.4 Å². The molecule has 0 spiro atoms. The first kappa shape index (κ1) is 19.6. The quantitative estimate of drug-likeness (QED) is 0.797. The van der Waals surface area contributed by atoms with Crippen LogP contribution in [0.1, 0.15) is 24.0 Å². The van der Waals surface area contributed by atoms with Gasteiger partial charge >= 0.3 is 0 Å². The van der Waals surface area contributed by atoms with Gasteiger partial charge in [-0.15, -0.1) is 0 Å². The number of nitrogens with zero attached hydrogens (tertiary/aromatic N) is 2. The molecule has 0 radical (unpaired) electrons. The molecule has 0 saturated carbocycles. The van der Waals surface area contributed by atoms with Crippen LogP contribution in [-0.2, 0) is 26.2 Å². The molecule has 146 valence electrons. The summed E-state index contributed by atoms with van der Waals surface area (Å²) in [5.41, 5.74) is 7.24. The normalized spacial score (nSPS) is 18.1. The number of primary amides is 1. The molecule has 0 bridgehead atoms. The summed E-state index contributed by atoms with van der Waals surface area (Å²) < 4.78 is 0. The number of fused-ring (bicyclic) bond motifs is 1. The van der Waals surface area contributed by atoms with Crippen molar-refractivity contribution in [2.24, 2.45) is 5.73 Å². The summed E-state index contributed by atoms with van der Waals surface area (Å²) in [4.78, 5) is 40.0. The zero-order valence-electron chi connectivity index (χ0n) is 16.2. The highest BCUT2D eigenvalue weighted by atomic mass is 16.2. The van der Waals surface area contributed by atoms with E-state index in [1.54, 1.807) is 19.0 Å². The van der Waals surface area contributed by atoms with Crippen LogP contribution >= 0.6 is 0 Å². The molecular formula is C22H25N3O3. The van der Waals surface area contributed by atoms with Crippen LogP contribution in [0.15, 0.2) is 54.6 Å². The predicted octanol–water partition coefficient (Wildman–Crippen LogP) is 1.87. The van der Waals surface area contributed by atoms with Gasteiger partial charge in [-0.05, 0) is 30.0 Å². The van der Waals surface area contributed by atoms with Crippen LogP contribution in [0.5, 0.6) is 0 Å². The van der Waals surface area contributed by atoms with Gasteiger partial charge in [0.2, 0.25) is 17.7 Å². The van der Waals surface area contributed by atoms with E-state index < -0.39 is 11.3 Å². The van der Waals surface area contributed by atoms with E-state index in [0.717, 1.165) is 16.8 Å². The first-order valence-electron chi connectivity index (χ1n) is 9.29. The van der Waals surface area contributed by atoms with Crippen LogP contribution in [0.25, 0.3) is 0 Å². The molecule has 1 atom stereocenters. The van der Waals surface area contributed by atoms with E-state index in [0.29, 0.717) is 12.8 Å². The maximum atomic E-state index is 13.4. The molecule has 1 aliphatic rings. The van der Waals surface area contributed by atoms with E-state index in [-0.39, 0.29) is 24.8 Å². The lowest BCUT2D eigenvalue weighted by Crippen LogP contribution is -2.42. The monoisotopic (exact) mass is 379 g/mol. The molecule has 0 aromatic heterocycles. The second kappa shape index (κ2) is 7.84. The summed E-state index contributed by atoms with van der Waals surface area (Å²) in [6.45, 7) is -0.130. The van der Waals surface area contributed by atoms with Gasteiger partial charge in [-0.25, -0.2) is 0 Å². The Bertz CT molecular complexity index is 897. The molecular weight excluding hydrogens is 354 g/mol. The lowest BCUT2D eigenvalue weighted by molar-refractivity contribution is -0.134. The van der Waals surface area contributed by atoms with E-state index in [2.05, 4.69) is 0 Å². The van der Waals surface area contributed by atoms with E-state index in [4.69, 9.17) is 5.73 Å². The first-order chi connectivity index (χ1) is 13.3. The number of benzene rings is 2. The number of anilines is 1. The van der Waals surface area contributed by atoms with Gasteiger partial charge in [0.1, 0.15) is 0 Å². The maximum Gasteiger partial charge on any atom is 0.237 e. The molecule has 3 amide bonds. The summed E-state index contributed by atoms with van der Waals surface area (Å²) in [6.07, 6.45) is 1.04. The fourth-order valence-corrected chi connectivity index (χ4v) is 3.99. The fourth-order valence-electron chi connectivity index (χ4n) is 3.99. The highest BCUT2D eigenvalue weighted by Crippen LogP contribution is 2.46. The zero-order chi connectivity index (χ0) is 20.3. The Balaban J connectivity index is 1.94. The van der Waals surface area contributed by atoms with Crippen molar-refractivity contribution in [3.05, 3.63) is 65.7 Å². The number of amides is 3. The Kier molecular flexibility index (Phi) is 5.49. The van der Waals surface area contributed by atoms with Crippen LogP contribution in [0, 0.1) is 0 Å². The molecule has 1 aliphatic heterocycles. The number of nitrogens with two attached hydrogens (primary N) is 1. The third-order valence-corrected chi connectivity index (χ3v) is 5.43. The van der Waals surface area contributed by atoms with E-state index in [1.165, 1.54) is 4.90 Å². The van der Waals surface area contributed by atoms with Gasteiger partial charge in [-0.2, -0.15) is 0 Å². The van der Waals surface area contributed by atoms with Crippen molar-refractivity contribution in [1.82, 2.24) is 4.90 Å². The SMILES string of the molecule is CN(CC(N)=O)C(=O)CC[C@@]1(Cc2ccccc2)C(=O)N(C)c2ccccc21. The smallest absolute Gasteiger partial charge is 0.237 e. The Labute approximate surface area is 164 Å². The van der Waals surface area contributed by atoms with Crippen LogP contribution in [-0.4, -0.2) is 43.3 Å². The minimum atomic E-state index is -0.810. The van der Waals surface area contributed by atoms with Crippen molar-refractivity contribution < 1.29 is 14.4 Å². The average Bonchev–Trinajstić information content (AvgIpc) is 2.89. The summed E-state index contributed by atoms with van der Waals surface area (Å²) in [5.74, 6) is -0.772. The van der Waals surface area contributed by atoms with Crippen LogP contribution in [0.3, 0.4) is 0 Å². The Morgan fingerprint density at radius 2 is 1.71 bits per heavy atom.